The standard InChI is InChI=1S/C15H17N5O2S/c1-4-20-14(11-7-5-6-8-12(11)21-3)17-18-15(20)23-9-13-16-10(2)19-22-13/h5-8H,4,9H2,1-3H3. The Kier molecular flexibility index (Phi) is 4.61. The zero-order chi connectivity index (χ0) is 16.2. The number of benzene rings is 1. The number of aryl methyl sites for hydroxylation is 1. The molecule has 0 amide bonds. The summed E-state index contributed by atoms with van der Waals surface area (Å²) in [6, 6.07) is 7.78. The van der Waals surface area contributed by atoms with E-state index in [1.807, 2.05) is 28.8 Å². The topological polar surface area (TPSA) is 78.9 Å². The van der Waals surface area contributed by atoms with Crippen molar-refractivity contribution in [3.05, 3.63) is 36.0 Å². The van der Waals surface area contributed by atoms with E-state index in [-0.39, 0.29) is 0 Å². The Labute approximate surface area is 138 Å². The molecule has 1 aromatic carbocycles. The lowest BCUT2D eigenvalue weighted by molar-refractivity contribution is 0.387. The molecule has 0 saturated heterocycles. The molecule has 0 spiro atoms. The van der Waals surface area contributed by atoms with Crippen LogP contribution >= 0.6 is 11.8 Å². The molecule has 2 heterocycles. The lowest BCUT2D eigenvalue weighted by Gasteiger charge is -2.09. The number of hydrogen-bond acceptors (Lipinski definition) is 7. The third kappa shape index (κ3) is 3.21. The molecular formula is C15H17N5O2S. The van der Waals surface area contributed by atoms with E-state index in [1.165, 1.54) is 11.8 Å². The van der Waals surface area contributed by atoms with Gasteiger partial charge in [-0.1, -0.05) is 29.1 Å². The van der Waals surface area contributed by atoms with Gasteiger partial charge in [0.15, 0.2) is 16.8 Å². The molecule has 0 aliphatic rings. The van der Waals surface area contributed by atoms with Crippen molar-refractivity contribution in [2.24, 2.45) is 0 Å². The maximum absolute atomic E-state index is 5.42. The van der Waals surface area contributed by atoms with E-state index in [9.17, 15) is 0 Å². The fourth-order valence-corrected chi connectivity index (χ4v) is 3.07. The predicted molar refractivity (Wildman–Crippen MR) is 86.3 cm³/mol. The maximum Gasteiger partial charge on any atom is 0.237 e. The minimum Gasteiger partial charge on any atom is -0.496 e. The second-order valence-electron chi connectivity index (χ2n) is 4.77. The van der Waals surface area contributed by atoms with Crippen molar-refractivity contribution in [1.29, 1.82) is 0 Å². The van der Waals surface area contributed by atoms with Crippen molar-refractivity contribution in [2.45, 2.75) is 31.3 Å². The molecule has 2 aromatic heterocycles. The van der Waals surface area contributed by atoms with Crippen molar-refractivity contribution < 1.29 is 9.26 Å². The summed E-state index contributed by atoms with van der Waals surface area (Å²) >= 11 is 1.52. The number of thioether (sulfide) groups is 1. The number of aromatic nitrogens is 5. The maximum atomic E-state index is 5.42. The molecule has 0 N–H and O–H groups in total. The number of hydrogen-bond donors (Lipinski definition) is 0. The van der Waals surface area contributed by atoms with Gasteiger partial charge in [0.25, 0.3) is 0 Å². The highest BCUT2D eigenvalue weighted by molar-refractivity contribution is 7.98. The summed E-state index contributed by atoms with van der Waals surface area (Å²) in [6.07, 6.45) is 0. The van der Waals surface area contributed by atoms with Gasteiger partial charge in [-0.25, -0.2) is 0 Å². The molecule has 3 aromatic rings. The van der Waals surface area contributed by atoms with Crippen LogP contribution in [0.25, 0.3) is 11.4 Å². The third-order valence-electron chi connectivity index (χ3n) is 3.28. The Bertz CT molecular complexity index is 799. The molecule has 0 aliphatic carbocycles. The highest BCUT2D eigenvalue weighted by Gasteiger charge is 2.17. The molecule has 0 bridgehead atoms. The van der Waals surface area contributed by atoms with E-state index in [0.29, 0.717) is 17.5 Å². The van der Waals surface area contributed by atoms with E-state index >= 15 is 0 Å². The van der Waals surface area contributed by atoms with Crippen molar-refractivity contribution in [3.63, 3.8) is 0 Å². The summed E-state index contributed by atoms with van der Waals surface area (Å²) in [7, 11) is 1.65. The molecule has 0 unspecified atom stereocenters. The van der Waals surface area contributed by atoms with Crippen LogP contribution in [0.2, 0.25) is 0 Å². The number of methoxy groups -OCH3 is 1. The zero-order valence-electron chi connectivity index (χ0n) is 13.2. The number of nitrogens with zero attached hydrogens (tertiary/aromatic N) is 5. The molecule has 0 saturated carbocycles. The predicted octanol–water partition coefficient (Wildman–Crippen LogP) is 2.96. The van der Waals surface area contributed by atoms with E-state index in [4.69, 9.17) is 9.26 Å². The summed E-state index contributed by atoms with van der Waals surface area (Å²) in [4.78, 5) is 4.20. The third-order valence-corrected chi connectivity index (χ3v) is 4.23. The molecule has 0 aliphatic heterocycles. The van der Waals surface area contributed by atoms with Gasteiger partial charge in [0, 0.05) is 6.54 Å². The highest BCUT2D eigenvalue weighted by atomic mass is 32.2. The minimum absolute atomic E-state index is 0.560. The Balaban J connectivity index is 1.87. The highest BCUT2D eigenvalue weighted by Crippen LogP contribution is 2.31. The van der Waals surface area contributed by atoms with Crippen molar-refractivity contribution in [3.8, 4) is 17.1 Å². The van der Waals surface area contributed by atoms with Gasteiger partial charge >= 0.3 is 0 Å². The smallest absolute Gasteiger partial charge is 0.237 e. The first-order valence-electron chi connectivity index (χ1n) is 7.21. The summed E-state index contributed by atoms with van der Waals surface area (Å²) in [5, 5.41) is 13.2. The van der Waals surface area contributed by atoms with Gasteiger partial charge in [0.1, 0.15) is 5.75 Å². The van der Waals surface area contributed by atoms with Gasteiger partial charge in [-0.15, -0.1) is 10.2 Å². The van der Waals surface area contributed by atoms with Crippen LogP contribution in [0, 0.1) is 6.92 Å². The lowest BCUT2D eigenvalue weighted by Crippen LogP contribution is -2.01. The van der Waals surface area contributed by atoms with Gasteiger partial charge in [0.05, 0.1) is 18.4 Å². The van der Waals surface area contributed by atoms with E-state index in [2.05, 4.69) is 27.3 Å². The summed E-state index contributed by atoms with van der Waals surface area (Å²) in [5.74, 6) is 3.34. The fraction of sp³-hybridized carbons (Fsp3) is 0.333. The Morgan fingerprint density at radius 1 is 1.26 bits per heavy atom. The van der Waals surface area contributed by atoms with Gasteiger partial charge in [-0.05, 0) is 26.0 Å². The first-order valence-corrected chi connectivity index (χ1v) is 8.20. The van der Waals surface area contributed by atoms with E-state index < -0.39 is 0 Å². The quantitative estimate of drug-likeness (QED) is 0.642. The molecule has 0 atom stereocenters. The average Bonchev–Trinajstić information content (AvgIpc) is 3.18. The van der Waals surface area contributed by atoms with Crippen molar-refractivity contribution >= 4 is 11.8 Å². The summed E-state index contributed by atoms with van der Waals surface area (Å²) < 4.78 is 12.6. The molecule has 120 valence electrons. The second-order valence-corrected chi connectivity index (χ2v) is 5.72. The molecule has 23 heavy (non-hydrogen) atoms. The SMILES string of the molecule is CCn1c(SCc2nc(C)no2)nnc1-c1ccccc1OC. The van der Waals surface area contributed by atoms with Crippen LogP contribution < -0.4 is 4.74 Å². The number of ether oxygens (including phenoxy) is 1. The first kappa shape index (κ1) is 15.5. The van der Waals surface area contributed by atoms with Crippen LogP contribution in [-0.2, 0) is 12.3 Å². The van der Waals surface area contributed by atoms with Crippen LogP contribution in [0.4, 0.5) is 0 Å². The van der Waals surface area contributed by atoms with Crippen molar-refractivity contribution in [2.75, 3.05) is 7.11 Å². The monoisotopic (exact) mass is 331 g/mol. The average molecular weight is 331 g/mol. The van der Waals surface area contributed by atoms with Gasteiger partial charge in [-0.3, -0.25) is 0 Å². The van der Waals surface area contributed by atoms with Gasteiger partial charge in [0.2, 0.25) is 5.89 Å². The molecule has 7 nitrogen and oxygen atoms in total. The summed E-state index contributed by atoms with van der Waals surface area (Å²) in [5.41, 5.74) is 0.921. The van der Waals surface area contributed by atoms with E-state index in [0.717, 1.165) is 28.8 Å². The van der Waals surface area contributed by atoms with Crippen LogP contribution in [0.1, 0.15) is 18.6 Å². The Morgan fingerprint density at radius 2 is 2.09 bits per heavy atom. The van der Waals surface area contributed by atoms with Crippen LogP contribution in [0.5, 0.6) is 5.75 Å². The lowest BCUT2D eigenvalue weighted by atomic mass is 10.2. The Hall–Kier alpha value is -2.35. The largest absolute Gasteiger partial charge is 0.496 e. The molecule has 8 heteroatoms. The van der Waals surface area contributed by atoms with Gasteiger partial charge < -0.3 is 13.8 Å². The molecule has 3 rings (SSSR count). The minimum atomic E-state index is 0.560. The van der Waals surface area contributed by atoms with E-state index in [1.54, 1.807) is 14.0 Å². The molecule has 0 fully saturated rings. The second kappa shape index (κ2) is 6.82. The number of rotatable bonds is 6. The van der Waals surface area contributed by atoms with Crippen LogP contribution in [0.3, 0.4) is 0 Å². The first-order chi connectivity index (χ1) is 11.2. The van der Waals surface area contributed by atoms with Crippen LogP contribution in [-0.4, -0.2) is 32.0 Å². The van der Waals surface area contributed by atoms with Crippen LogP contribution in [0.15, 0.2) is 33.9 Å². The zero-order valence-corrected chi connectivity index (χ0v) is 14.0. The molecular weight excluding hydrogens is 314 g/mol. The normalized spacial score (nSPS) is 10.9. The fourth-order valence-electron chi connectivity index (χ4n) is 2.23. The number of para-hydroxylation sites is 1. The van der Waals surface area contributed by atoms with Gasteiger partial charge in [-0.2, -0.15) is 4.98 Å². The summed E-state index contributed by atoms with van der Waals surface area (Å²) in [6.45, 7) is 4.61. The molecule has 0 radical (unpaired) electrons. The Morgan fingerprint density at radius 3 is 2.78 bits per heavy atom. The van der Waals surface area contributed by atoms with Crippen molar-refractivity contribution in [1.82, 2.24) is 24.9 Å².